The fourth-order valence-corrected chi connectivity index (χ4v) is 4.80. The van der Waals surface area contributed by atoms with E-state index in [2.05, 4.69) is 11.9 Å². The summed E-state index contributed by atoms with van der Waals surface area (Å²) in [6, 6.07) is 5.83. The van der Waals surface area contributed by atoms with Gasteiger partial charge in [0.05, 0.1) is 16.0 Å². The fraction of sp³-hybridized carbons (Fsp3) is 0.588. The SMILES string of the molecule is CN1CCC(C(=O)N2CCC(S(=O)c3ccc(F)cc3)C2)CC1. The van der Waals surface area contributed by atoms with E-state index >= 15 is 0 Å². The summed E-state index contributed by atoms with van der Waals surface area (Å²) >= 11 is 0. The standard InChI is InChI=1S/C17H23FN2O2S/c1-19-9-6-13(7-10-19)17(21)20-11-8-16(12-20)23(22)15-4-2-14(18)3-5-15/h2-5,13,16H,6-12H2,1H3. The minimum atomic E-state index is -1.18. The molecule has 2 aliphatic heterocycles. The maximum Gasteiger partial charge on any atom is 0.225 e. The minimum Gasteiger partial charge on any atom is -0.341 e. The average Bonchev–Trinajstić information content (AvgIpc) is 3.05. The zero-order chi connectivity index (χ0) is 16.4. The number of piperidine rings is 1. The summed E-state index contributed by atoms with van der Waals surface area (Å²) in [6.45, 7) is 3.17. The molecule has 0 spiro atoms. The zero-order valence-electron chi connectivity index (χ0n) is 13.4. The number of amides is 1. The second kappa shape index (κ2) is 7.09. The molecule has 0 N–H and O–H groups in total. The van der Waals surface area contributed by atoms with Gasteiger partial charge in [0.15, 0.2) is 0 Å². The van der Waals surface area contributed by atoms with E-state index in [0.717, 1.165) is 32.4 Å². The maximum atomic E-state index is 13.0. The van der Waals surface area contributed by atoms with Crippen molar-refractivity contribution < 1.29 is 13.4 Å². The van der Waals surface area contributed by atoms with Gasteiger partial charge in [0, 0.05) is 23.9 Å². The van der Waals surface area contributed by atoms with Gasteiger partial charge in [-0.1, -0.05) is 0 Å². The lowest BCUT2D eigenvalue weighted by Gasteiger charge is -2.30. The number of hydrogen-bond donors (Lipinski definition) is 0. The number of halogens is 1. The molecular weight excluding hydrogens is 315 g/mol. The smallest absolute Gasteiger partial charge is 0.225 e. The Labute approximate surface area is 139 Å². The van der Waals surface area contributed by atoms with Crippen LogP contribution in [0.25, 0.3) is 0 Å². The fourth-order valence-electron chi connectivity index (χ4n) is 3.38. The number of benzene rings is 1. The molecule has 2 unspecified atom stereocenters. The van der Waals surface area contributed by atoms with E-state index < -0.39 is 10.8 Å². The van der Waals surface area contributed by atoms with Gasteiger partial charge < -0.3 is 9.80 Å². The van der Waals surface area contributed by atoms with Crippen LogP contribution in [0, 0.1) is 11.7 Å². The molecule has 2 aliphatic rings. The van der Waals surface area contributed by atoms with Gasteiger partial charge in [-0.3, -0.25) is 9.00 Å². The number of hydrogen-bond acceptors (Lipinski definition) is 3. The predicted octanol–water partition coefficient (Wildman–Crippen LogP) is 1.88. The van der Waals surface area contributed by atoms with Crippen LogP contribution in [-0.4, -0.2) is 58.4 Å². The maximum absolute atomic E-state index is 13.0. The summed E-state index contributed by atoms with van der Waals surface area (Å²) < 4.78 is 25.6. The molecule has 2 atom stereocenters. The number of carbonyl (C=O) groups excluding carboxylic acids is 1. The first-order valence-electron chi connectivity index (χ1n) is 8.18. The van der Waals surface area contributed by atoms with Crippen molar-refractivity contribution in [3.63, 3.8) is 0 Å². The van der Waals surface area contributed by atoms with Crippen LogP contribution in [0.4, 0.5) is 4.39 Å². The molecule has 1 aromatic carbocycles. The zero-order valence-corrected chi connectivity index (χ0v) is 14.2. The Morgan fingerprint density at radius 1 is 1.13 bits per heavy atom. The summed E-state index contributed by atoms with van der Waals surface area (Å²) in [6.07, 6.45) is 2.58. The molecule has 6 heteroatoms. The highest BCUT2D eigenvalue weighted by Gasteiger charge is 2.34. The van der Waals surface area contributed by atoms with E-state index in [9.17, 15) is 13.4 Å². The van der Waals surface area contributed by atoms with Gasteiger partial charge >= 0.3 is 0 Å². The van der Waals surface area contributed by atoms with Gasteiger partial charge in [0.2, 0.25) is 5.91 Å². The molecule has 2 fully saturated rings. The van der Waals surface area contributed by atoms with Gasteiger partial charge in [-0.05, 0) is 63.7 Å². The van der Waals surface area contributed by atoms with Crippen LogP contribution in [0.15, 0.2) is 29.2 Å². The van der Waals surface area contributed by atoms with Gasteiger partial charge in [0.1, 0.15) is 5.82 Å². The summed E-state index contributed by atoms with van der Waals surface area (Å²) in [5.41, 5.74) is 0. The van der Waals surface area contributed by atoms with E-state index in [1.165, 1.54) is 12.1 Å². The molecule has 0 saturated carbocycles. The van der Waals surface area contributed by atoms with Crippen LogP contribution < -0.4 is 0 Å². The summed E-state index contributed by atoms with van der Waals surface area (Å²) in [5.74, 6) is 0.0113. The molecule has 1 amide bonds. The van der Waals surface area contributed by atoms with Crippen LogP contribution in [0.1, 0.15) is 19.3 Å². The first-order chi connectivity index (χ1) is 11.0. The van der Waals surface area contributed by atoms with Crippen LogP contribution in [0.5, 0.6) is 0 Å². The Morgan fingerprint density at radius 2 is 1.78 bits per heavy atom. The third-order valence-corrected chi connectivity index (χ3v) is 6.60. The van der Waals surface area contributed by atoms with E-state index in [0.29, 0.717) is 18.0 Å². The third kappa shape index (κ3) is 3.80. The monoisotopic (exact) mass is 338 g/mol. The molecule has 1 aromatic rings. The second-order valence-corrected chi connectivity index (χ2v) is 8.26. The Kier molecular flexibility index (Phi) is 5.11. The number of nitrogens with zero attached hydrogens (tertiary/aromatic N) is 2. The van der Waals surface area contributed by atoms with Gasteiger partial charge in [-0.15, -0.1) is 0 Å². The predicted molar refractivity (Wildman–Crippen MR) is 88.0 cm³/mol. The second-order valence-electron chi connectivity index (χ2n) is 6.52. The van der Waals surface area contributed by atoms with E-state index in [4.69, 9.17) is 0 Å². The lowest BCUT2D eigenvalue weighted by atomic mass is 9.96. The number of rotatable bonds is 3. The Balaban J connectivity index is 1.58. The lowest BCUT2D eigenvalue weighted by Crippen LogP contribution is -2.41. The molecule has 3 rings (SSSR count). The first-order valence-corrected chi connectivity index (χ1v) is 9.39. The highest BCUT2D eigenvalue weighted by atomic mass is 32.2. The quantitative estimate of drug-likeness (QED) is 0.845. The average molecular weight is 338 g/mol. The Hall–Kier alpha value is -1.27. The molecule has 0 aliphatic carbocycles. The molecule has 2 saturated heterocycles. The molecule has 126 valence electrons. The van der Waals surface area contributed by atoms with E-state index in [1.54, 1.807) is 12.1 Å². The molecule has 4 nitrogen and oxygen atoms in total. The van der Waals surface area contributed by atoms with Crippen molar-refractivity contribution in [1.82, 2.24) is 9.80 Å². The van der Waals surface area contributed by atoms with Crippen molar-refractivity contribution >= 4 is 16.7 Å². The van der Waals surface area contributed by atoms with Gasteiger partial charge in [0.25, 0.3) is 0 Å². The van der Waals surface area contributed by atoms with Crippen molar-refractivity contribution in [1.29, 1.82) is 0 Å². The molecule has 0 radical (unpaired) electrons. The van der Waals surface area contributed by atoms with Crippen molar-refractivity contribution in [2.45, 2.75) is 29.4 Å². The summed E-state index contributed by atoms with van der Waals surface area (Å²) in [5, 5.41) is -0.0457. The molecular formula is C17H23FN2O2S. The van der Waals surface area contributed by atoms with Crippen molar-refractivity contribution in [2.24, 2.45) is 5.92 Å². The Bertz CT molecular complexity index is 585. The highest BCUT2D eigenvalue weighted by molar-refractivity contribution is 7.85. The van der Waals surface area contributed by atoms with Crippen LogP contribution in [0.3, 0.4) is 0 Å². The number of likely N-dealkylation sites (tertiary alicyclic amines) is 2. The highest BCUT2D eigenvalue weighted by Crippen LogP contribution is 2.25. The summed E-state index contributed by atoms with van der Waals surface area (Å²) in [7, 11) is 0.898. The van der Waals surface area contributed by atoms with Crippen molar-refractivity contribution in [3.8, 4) is 0 Å². The van der Waals surface area contributed by atoms with E-state index in [1.807, 2.05) is 4.90 Å². The molecule has 0 aromatic heterocycles. The van der Waals surface area contributed by atoms with Gasteiger partial charge in [-0.2, -0.15) is 0 Å². The topological polar surface area (TPSA) is 40.6 Å². The van der Waals surface area contributed by atoms with Crippen LogP contribution in [0.2, 0.25) is 0 Å². The normalized spacial score (nSPS) is 24.8. The third-order valence-electron chi connectivity index (χ3n) is 4.87. The summed E-state index contributed by atoms with van der Waals surface area (Å²) in [4.78, 5) is 17.4. The largest absolute Gasteiger partial charge is 0.341 e. The number of carbonyl (C=O) groups is 1. The molecule has 2 heterocycles. The van der Waals surface area contributed by atoms with Crippen molar-refractivity contribution in [2.75, 3.05) is 33.2 Å². The van der Waals surface area contributed by atoms with Crippen molar-refractivity contribution in [3.05, 3.63) is 30.1 Å². The van der Waals surface area contributed by atoms with Gasteiger partial charge in [-0.25, -0.2) is 4.39 Å². The lowest BCUT2D eigenvalue weighted by molar-refractivity contribution is -0.135. The first kappa shape index (κ1) is 16.6. The molecule has 0 bridgehead atoms. The Morgan fingerprint density at radius 3 is 2.43 bits per heavy atom. The van der Waals surface area contributed by atoms with Crippen LogP contribution >= 0.6 is 0 Å². The molecule has 23 heavy (non-hydrogen) atoms. The van der Waals surface area contributed by atoms with Crippen LogP contribution in [-0.2, 0) is 15.6 Å². The minimum absolute atomic E-state index is 0.0457. The van der Waals surface area contributed by atoms with E-state index in [-0.39, 0.29) is 22.9 Å².